The first-order valence-electron chi connectivity index (χ1n) is 11.3. The number of carbonyl (C=O) groups excluding carboxylic acids is 2. The number of benzene rings is 2. The summed E-state index contributed by atoms with van der Waals surface area (Å²) in [5.41, 5.74) is 5.07. The number of carbonyl (C=O) groups is 2. The van der Waals surface area contributed by atoms with Crippen LogP contribution in [0.3, 0.4) is 0 Å². The smallest absolute Gasteiger partial charge is 0.282 e. The van der Waals surface area contributed by atoms with Crippen LogP contribution in [-0.2, 0) is 16.1 Å². The first kappa shape index (κ1) is 21.6. The van der Waals surface area contributed by atoms with E-state index in [0.717, 1.165) is 48.7 Å². The van der Waals surface area contributed by atoms with Crippen LogP contribution >= 0.6 is 11.3 Å². The van der Waals surface area contributed by atoms with Crippen LogP contribution in [0.1, 0.15) is 21.6 Å². The topological polar surface area (TPSA) is 43.9 Å². The minimum Gasteiger partial charge on any atom is -0.364 e. The van der Waals surface area contributed by atoms with E-state index in [2.05, 4.69) is 34.1 Å². The molecule has 3 aromatic rings. The number of imide groups is 1. The van der Waals surface area contributed by atoms with Gasteiger partial charge < -0.3 is 4.90 Å². The monoisotopic (exact) mass is 457 g/mol. The van der Waals surface area contributed by atoms with Crippen molar-refractivity contribution in [1.82, 2.24) is 9.80 Å². The molecule has 0 N–H and O–H groups in total. The van der Waals surface area contributed by atoms with Crippen LogP contribution < -0.4 is 4.90 Å². The molecule has 0 spiro atoms. The quantitative estimate of drug-likeness (QED) is 0.531. The first-order valence-corrected chi connectivity index (χ1v) is 12.2. The summed E-state index contributed by atoms with van der Waals surface area (Å²) in [6.45, 7) is 8.00. The molecule has 1 aromatic heterocycles. The van der Waals surface area contributed by atoms with Gasteiger partial charge in [0.05, 0.1) is 11.3 Å². The molecule has 5 nitrogen and oxygen atoms in total. The molecule has 0 bridgehead atoms. The van der Waals surface area contributed by atoms with Gasteiger partial charge in [0.15, 0.2) is 0 Å². The van der Waals surface area contributed by atoms with Gasteiger partial charge in [-0.25, -0.2) is 4.90 Å². The van der Waals surface area contributed by atoms with Crippen LogP contribution in [0, 0.1) is 13.8 Å². The third-order valence-corrected chi connectivity index (χ3v) is 7.25. The summed E-state index contributed by atoms with van der Waals surface area (Å²) < 4.78 is 0. The highest BCUT2D eigenvalue weighted by Gasteiger charge is 2.43. The van der Waals surface area contributed by atoms with Gasteiger partial charge in [-0.2, -0.15) is 0 Å². The van der Waals surface area contributed by atoms with E-state index in [4.69, 9.17) is 0 Å². The van der Waals surface area contributed by atoms with Crippen LogP contribution in [0.25, 0.3) is 5.57 Å². The fourth-order valence-corrected chi connectivity index (χ4v) is 5.46. The van der Waals surface area contributed by atoms with E-state index in [-0.39, 0.29) is 11.8 Å². The molecule has 2 amide bonds. The summed E-state index contributed by atoms with van der Waals surface area (Å²) in [4.78, 5) is 34.1. The zero-order valence-corrected chi connectivity index (χ0v) is 19.8. The van der Waals surface area contributed by atoms with Gasteiger partial charge in [0.2, 0.25) is 0 Å². The predicted octanol–water partition coefficient (Wildman–Crippen LogP) is 4.47. The van der Waals surface area contributed by atoms with Crippen molar-refractivity contribution in [3.05, 3.63) is 93.3 Å². The molecule has 33 heavy (non-hydrogen) atoms. The number of hydrogen-bond acceptors (Lipinski definition) is 5. The van der Waals surface area contributed by atoms with Crippen molar-refractivity contribution in [1.29, 1.82) is 0 Å². The molecule has 6 heteroatoms. The lowest BCUT2D eigenvalue weighted by molar-refractivity contribution is -0.120. The SMILES string of the molecule is Cc1ccc(N2C(=O)C(c3cccs3)=C(N3CCN(Cc4ccccc4)CC3)C2=O)c(C)c1. The van der Waals surface area contributed by atoms with Gasteiger partial charge in [-0.1, -0.05) is 54.1 Å². The molecule has 3 heterocycles. The molecule has 2 aliphatic heterocycles. The molecular weight excluding hydrogens is 430 g/mol. The summed E-state index contributed by atoms with van der Waals surface area (Å²) >= 11 is 1.51. The van der Waals surface area contributed by atoms with Gasteiger partial charge in [-0.05, 0) is 42.5 Å². The number of thiophene rings is 1. The van der Waals surface area contributed by atoms with Crippen molar-refractivity contribution >= 4 is 34.4 Å². The Bertz CT molecular complexity index is 1210. The molecule has 2 aliphatic rings. The van der Waals surface area contributed by atoms with Crippen LogP contribution in [0.4, 0.5) is 5.69 Å². The van der Waals surface area contributed by atoms with Gasteiger partial charge in [-0.3, -0.25) is 14.5 Å². The van der Waals surface area contributed by atoms with E-state index < -0.39 is 0 Å². The molecule has 168 valence electrons. The molecule has 0 atom stereocenters. The number of amides is 2. The Morgan fingerprint density at radius 3 is 2.27 bits per heavy atom. The van der Waals surface area contributed by atoms with E-state index in [9.17, 15) is 9.59 Å². The minimum atomic E-state index is -0.226. The second-order valence-corrected chi connectivity index (χ2v) is 9.63. The molecule has 1 fully saturated rings. The molecule has 0 unspecified atom stereocenters. The Labute approximate surface area is 198 Å². The van der Waals surface area contributed by atoms with E-state index in [1.807, 2.05) is 55.6 Å². The lowest BCUT2D eigenvalue weighted by Gasteiger charge is -2.36. The highest BCUT2D eigenvalue weighted by molar-refractivity contribution is 7.11. The Morgan fingerprint density at radius 1 is 0.848 bits per heavy atom. The zero-order chi connectivity index (χ0) is 22.9. The maximum atomic E-state index is 13.7. The highest BCUT2D eigenvalue weighted by Crippen LogP contribution is 2.38. The third kappa shape index (κ3) is 4.12. The van der Waals surface area contributed by atoms with Gasteiger partial charge in [0, 0.05) is 37.6 Å². The van der Waals surface area contributed by atoms with Gasteiger partial charge in [-0.15, -0.1) is 11.3 Å². The lowest BCUT2D eigenvalue weighted by atomic mass is 10.1. The number of nitrogens with zero attached hydrogens (tertiary/aromatic N) is 3. The van der Waals surface area contributed by atoms with E-state index in [0.29, 0.717) is 17.0 Å². The van der Waals surface area contributed by atoms with Crippen molar-refractivity contribution in [2.75, 3.05) is 31.1 Å². The van der Waals surface area contributed by atoms with Crippen LogP contribution in [0.2, 0.25) is 0 Å². The third-order valence-electron chi connectivity index (χ3n) is 6.36. The van der Waals surface area contributed by atoms with Crippen molar-refractivity contribution in [3.63, 3.8) is 0 Å². The van der Waals surface area contributed by atoms with Crippen LogP contribution in [0.5, 0.6) is 0 Å². The average molecular weight is 458 g/mol. The Balaban J connectivity index is 1.43. The Morgan fingerprint density at radius 2 is 1.61 bits per heavy atom. The number of anilines is 1. The Kier molecular flexibility index (Phi) is 5.87. The Hall–Kier alpha value is -3.22. The van der Waals surface area contributed by atoms with E-state index in [1.165, 1.54) is 21.8 Å². The number of hydrogen-bond donors (Lipinski definition) is 0. The van der Waals surface area contributed by atoms with Crippen LogP contribution in [0.15, 0.2) is 71.7 Å². The normalized spacial score (nSPS) is 17.4. The molecule has 5 rings (SSSR count). The summed E-state index contributed by atoms with van der Waals surface area (Å²) in [5.74, 6) is -0.442. The van der Waals surface area contributed by atoms with Crippen molar-refractivity contribution in [2.45, 2.75) is 20.4 Å². The minimum absolute atomic E-state index is 0.216. The second-order valence-electron chi connectivity index (χ2n) is 8.69. The molecule has 0 radical (unpaired) electrons. The standard InChI is InChI=1S/C27H27N3O2S/c1-19-10-11-22(20(2)17-19)30-26(31)24(23-9-6-16-33-23)25(27(30)32)29-14-12-28(13-15-29)18-21-7-4-3-5-8-21/h3-11,16-17H,12-15,18H2,1-2H3. The highest BCUT2D eigenvalue weighted by atomic mass is 32.1. The summed E-state index contributed by atoms with van der Waals surface area (Å²) in [5, 5.41) is 1.95. The largest absolute Gasteiger partial charge is 0.364 e. The average Bonchev–Trinajstić information content (AvgIpc) is 3.42. The molecule has 2 aromatic carbocycles. The number of rotatable bonds is 5. The zero-order valence-electron chi connectivity index (χ0n) is 19.0. The maximum absolute atomic E-state index is 13.7. The summed E-state index contributed by atoms with van der Waals surface area (Å²) in [6, 6.07) is 20.2. The van der Waals surface area contributed by atoms with Crippen molar-refractivity contribution in [3.8, 4) is 0 Å². The van der Waals surface area contributed by atoms with E-state index in [1.54, 1.807) is 0 Å². The summed E-state index contributed by atoms with van der Waals surface area (Å²) in [6.07, 6.45) is 0. The molecular formula is C27H27N3O2S. The fourth-order valence-electron chi connectivity index (χ4n) is 4.70. The van der Waals surface area contributed by atoms with Crippen LogP contribution in [-0.4, -0.2) is 47.8 Å². The predicted molar refractivity (Wildman–Crippen MR) is 133 cm³/mol. The van der Waals surface area contributed by atoms with Gasteiger partial charge >= 0.3 is 0 Å². The number of piperazine rings is 1. The van der Waals surface area contributed by atoms with Gasteiger partial charge in [0.25, 0.3) is 11.8 Å². The maximum Gasteiger partial charge on any atom is 0.282 e. The van der Waals surface area contributed by atoms with Crippen molar-refractivity contribution < 1.29 is 9.59 Å². The molecule has 0 aliphatic carbocycles. The summed E-state index contributed by atoms with van der Waals surface area (Å²) in [7, 11) is 0. The number of aryl methyl sites for hydroxylation is 2. The molecule has 1 saturated heterocycles. The first-order chi connectivity index (χ1) is 16.0. The van der Waals surface area contributed by atoms with Crippen molar-refractivity contribution in [2.24, 2.45) is 0 Å². The van der Waals surface area contributed by atoms with Gasteiger partial charge in [0.1, 0.15) is 5.70 Å². The molecule has 0 saturated carbocycles. The lowest BCUT2D eigenvalue weighted by Crippen LogP contribution is -2.47. The van der Waals surface area contributed by atoms with E-state index >= 15 is 0 Å². The second kappa shape index (κ2) is 8.96. The fraction of sp³-hybridized carbons (Fsp3) is 0.259.